The molecule has 0 aliphatic heterocycles. The Kier molecular flexibility index (Phi) is 4.33. The van der Waals surface area contributed by atoms with Gasteiger partial charge in [-0.3, -0.25) is 9.48 Å². The fourth-order valence-corrected chi connectivity index (χ4v) is 3.58. The predicted molar refractivity (Wildman–Crippen MR) is 98.5 cm³/mol. The summed E-state index contributed by atoms with van der Waals surface area (Å²) in [7, 11) is 1.79. The molecule has 0 saturated heterocycles. The number of carbonyl (C=O) groups excluding carboxylic acids is 1. The van der Waals surface area contributed by atoms with Crippen molar-refractivity contribution in [1.82, 2.24) is 9.78 Å². The number of amides is 1. The summed E-state index contributed by atoms with van der Waals surface area (Å²) in [5.74, 6) is -1.59. The third kappa shape index (κ3) is 3.26. The van der Waals surface area contributed by atoms with Gasteiger partial charge in [0, 0.05) is 7.05 Å². The quantitative estimate of drug-likeness (QED) is 0.541. The number of furan rings is 1. The summed E-state index contributed by atoms with van der Waals surface area (Å²) in [5.41, 5.74) is 1.01. The molecule has 1 N–H and O–H groups in total. The van der Waals surface area contributed by atoms with E-state index in [0.29, 0.717) is 16.3 Å². The third-order valence-electron chi connectivity index (χ3n) is 3.94. The number of rotatable bonds is 4. The lowest BCUT2D eigenvalue weighted by molar-refractivity contribution is 0.102. The van der Waals surface area contributed by atoms with E-state index in [2.05, 4.69) is 10.4 Å². The Labute approximate surface area is 156 Å². The zero-order chi connectivity index (χ0) is 19.0. The molecule has 0 atom stereocenters. The Balaban J connectivity index is 1.60. The van der Waals surface area contributed by atoms with Crippen molar-refractivity contribution in [1.29, 1.82) is 0 Å². The van der Waals surface area contributed by atoms with E-state index in [1.165, 1.54) is 17.4 Å². The number of aromatic nitrogens is 2. The molecule has 4 rings (SSSR count). The zero-order valence-corrected chi connectivity index (χ0v) is 14.9. The number of nitrogens with one attached hydrogen (secondary N) is 1. The van der Waals surface area contributed by atoms with E-state index in [9.17, 15) is 13.6 Å². The summed E-state index contributed by atoms with van der Waals surface area (Å²) in [6, 6.07) is 12.2. The first-order valence-corrected chi connectivity index (χ1v) is 8.78. The van der Waals surface area contributed by atoms with Crippen LogP contribution in [0.25, 0.3) is 22.0 Å². The van der Waals surface area contributed by atoms with E-state index in [4.69, 9.17) is 4.42 Å². The molecule has 4 aromatic rings. The number of hydrogen-bond donors (Lipinski definition) is 1. The van der Waals surface area contributed by atoms with Gasteiger partial charge in [-0.2, -0.15) is 5.10 Å². The average Bonchev–Trinajstić information content (AvgIpc) is 3.37. The van der Waals surface area contributed by atoms with Crippen molar-refractivity contribution in [2.45, 2.75) is 0 Å². The highest BCUT2D eigenvalue weighted by molar-refractivity contribution is 7.17. The van der Waals surface area contributed by atoms with Gasteiger partial charge in [0.25, 0.3) is 5.91 Å². The first kappa shape index (κ1) is 17.2. The van der Waals surface area contributed by atoms with Crippen molar-refractivity contribution >= 4 is 22.9 Å². The summed E-state index contributed by atoms with van der Waals surface area (Å²) in [6.07, 6.45) is 1.57. The normalized spacial score (nSPS) is 10.9. The molecule has 8 heteroatoms. The van der Waals surface area contributed by atoms with Gasteiger partial charge in [-0.15, -0.1) is 11.3 Å². The number of halogens is 2. The van der Waals surface area contributed by atoms with Gasteiger partial charge in [0.05, 0.1) is 21.7 Å². The fraction of sp³-hybridized carbons (Fsp3) is 0.0526. The van der Waals surface area contributed by atoms with E-state index < -0.39 is 23.2 Å². The standard InChI is InChI=1S/C19H13F2N3O2S/c1-24-14(10-13(23-24)15-6-3-9-26-15)16-7-8-17(27-16)19(25)22-18-11(20)4-2-5-12(18)21/h2-10H,1H3,(H,22,25). The second-order valence-electron chi connectivity index (χ2n) is 5.73. The van der Waals surface area contributed by atoms with Crippen LogP contribution in [-0.2, 0) is 7.05 Å². The van der Waals surface area contributed by atoms with Crippen LogP contribution in [0.3, 0.4) is 0 Å². The van der Waals surface area contributed by atoms with Crippen molar-refractivity contribution in [3.8, 4) is 22.0 Å². The largest absolute Gasteiger partial charge is 0.463 e. The van der Waals surface area contributed by atoms with Crippen LogP contribution in [0.2, 0.25) is 0 Å². The van der Waals surface area contributed by atoms with E-state index >= 15 is 0 Å². The van der Waals surface area contributed by atoms with Crippen molar-refractivity contribution in [2.75, 3.05) is 5.32 Å². The van der Waals surface area contributed by atoms with Gasteiger partial charge in [-0.05, 0) is 42.5 Å². The molecular formula is C19H13F2N3O2S. The summed E-state index contributed by atoms with van der Waals surface area (Å²) < 4.78 is 34.5. The molecule has 0 saturated carbocycles. The summed E-state index contributed by atoms with van der Waals surface area (Å²) in [6.45, 7) is 0. The minimum absolute atomic E-state index is 0.327. The topological polar surface area (TPSA) is 60.1 Å². The number of aryl methyl sites for hydroxylation is 1. The molecule has 0 aliphatic rings. The third-order valence-corrected chi connectivity index (χ3v) is 5.04. The molecule has 5 nitrogen and oxygen atoms in total. The molecular weight excluding hydrogens is 372 g/mol. The Morgan fingerprint density at radius 3 is 2.63 bits per heavy atom. The molecule has 0 spiro atoms. The van der Waals surface area contributed by atoms with Crippen LogP contribution in [0.1, 0.15) is 9.67 Å². The molecule has 0 aliphatic carbocycles. The Hall–Kier alpha value is -3.26. The highest BCUT2D eigenvalue weighted by Crippen LogP contribution is 2.31. The van der Waals surface area contributed by atoms with E-state index in [-0.39, 0.29) is 0 Å². The van der Waals surface area contributed by atoms with Crippen molar-refractivity contribution < 1.29 is 18.0 Å². The molecule has 0 radical (unpaired) electrons. The van der Waals surface area contributed by atoms with E-state index in [1.54, 1.807) is 36.2 Å². The smallest absolute Gasteiger partial charge is 0.265 e. The van der Waals surface area contributed by atoms with Gasteiger partial charge >= 0.3 is 0 Å². The number of carbonyl (C=O) groups is 1. The maximum absolute atomic E-state index is 13.7. The minimum Gasteiger partial charge on any atom is -0.463 e. The molecule has 3 aromatic heterocycles. The lowest BCUT2D eigenvalue weighted by Gasteiger charge is -2.05. The monoisotopic (exact) mass is 385 g/mol. The molecule has 27 heavy (non-hydrogen) atoms. The SMILES string of the molecule is Cn1nc(-c2ccco2)cc1-c1ccc(C(=O)Nc2c(F)cccc2F)s1. The minimum atomic E-state index is -0.824. The average molecular weight is 385 g/mol. The molecule has 3 heterocycles. The summed E-state index contributed by atoms with van der Waals surface area (Å²) >= 11 is 1.20. The number of anilines is 1. The van der Waals surface area contributed by atoms with Gasteiger partial charge in [0.15, 0.2) is 5.76 Å². The highest BCUT2D eigenvalue weighted by atomic mass is 32.1. The Morgan fingerprint density at radius 1 is 1.15 bits per heavy atom. The molecule has 0 unspecified atom stereocenters. The van der Waals surface area contributed by atoms with Crippen LogP contribution in [0.4, 0.5) is 14.5 Å². The summed E-state index contributed by atoms with van der Waals surface area (Å²) in [5, 5.41) is 6.69. The van der Waals surface area contributed by atoms with Crippen molar-refractivity contribution in [3.05, 3.63) is 71.3 Å². The van der Waals surface area contributed by atoms with E-state index in [0.717, 1.165) is 22.7 Å². The number of benzene rings is 1. The number of nitrogens with zero attached hydrogens (tertiary/aromatic N) is 2. The number of para-hydroxylation sites is 1. The van der Waals surface area contributed by atoms with Gasteiger partial charge in [0.1, 0.15) is 23.0 Å². The molecule has 1 aromatic carbocycles. The molecule has 1 amide bonds. The van der Waals surface area contributed by atoms with Crippen LogP contribution >= 0.6 is 11.3 Å². The first-order valence-electron chi connectivity index (χ1n) is 7.96. The van der Waals surface area contributed by atoms with Gasteiger partial charge in [-0.1, -0.05) is 6.07 Å². The zero-order valence-electron chi connectivity index (χ0n) is 14.1. The second kappa shape index (κ2) is 6.81. The number of hydrogen-bond acceptors (Lipinski definition) is 4. The van der Waals surface area contributed by atoms with Crippen molar-refractivity contribution in [3.63, 3.8) is 0 Å². The Morgan fingerprint density at radius 2 is 1.93 bits per heavy atom. The summed E-state index contributed by atoms with van der Waals surface area (Å²) in [4.78, 5) is 13.5. The van der Waals surface area contributed by atoms with Crippen LogP contribution in [0.15, 0.2) is 59.2 Å². The van der Waals surface area contributed by atoms with Crippen LogP contribution in [0.5, 0.6) is 0 Å². The Bertz CT molecular complexity index is 1100. The van der Waals surface area contributed by atoms with Gasteiger partial charge in [-0.25, -0.2) is 8.78 Å². The maximum atomic E-state index is 13.7. The van der Waals surface area contributed by atoms with Gasteiger partial charge in [0.2, 0.25) is 0 Å². The molecule has 136 valence electrons. The predicted octanol–water partition coefficient (Wildman–Crippen LogP) is 4.94. The number of thiophene rings is 1. The molecule has 0 fully saturated rings. The fourth-order valence-electron chi connectivity index (χ4n) is 2.63. The van der Waals surface area contributed by atoms with Gasteiger partial charge < -0.3 is 9.73 Å². The van der Waals surface area contributed by atoms with Crippen LogP contribution < -0.4 is 5.32 Å². The van der Waals surface area contributed by atoms with E-state index in [1.807, 2.05) is 12.1 Å². The van der Waals surface area contributed by atoms with Crippen LogP contribution in [0, 0.1) is 11.6 Å². The second-order valence-corrected chi connectivity index (χ2v) is 6.81. The highest BCUT2D eigenvalue weighted by Gasteiger charge is 2.17. The lowest BCUT2D eigenvalue weighted by atomic mass is 10.2. The lowest BCUT2D eigenvalue weighted by Crippen LogP contribution is -2.12. The van der Waals surface area contributed by atoms with Crippen molar-refractivity contribution in [2.24, 2.45) is 7.05 Å². The first-order chi connectivity index (χ1) is 13.0. The molecule has 0 bridgehead atoms. The maximum Gasteiger partial charge on any atom is 0.265 e. The van der Waals surface area contributed by atoms with Crippen LogP contribution in [-0.4, -0.2) is 15.7 Å².